The maximum Gasteiger partial charge on any atom is 0.179 e. The lowest BCUT2D eigenvalue weighted by atomic mass is 10.1. The van der Waals surface area contributed by atoms with Crippen molar-refractivity contribution in [2.45, 2.75) is 6.92 Å². The number of fused-ring (bicyclic) bond motifs is 1. The van der Waals surface area contributed by atoms with Gasteiger partial charge in [0.25, 0.3) is 0 Å². The van der Waals surface area contributed by atoms with E-state index in [2.05, 4.69) is 47.4 Å². The molecule has 0 saturated heterocycles. The molecular weight excluding hydrogens is 640 g/mol. The van der Waals surface area contributed by atoms with Crippen LogP contribution in [0.5, 0.6) is 0 Å². The minimum absolute atomic E-state index is 0.508. The minimum atomic E-state index is 0.508. The molecule has 0 radical (unpaired) electrons. The van der Waals surface area contributed by atoms with Crippen LogP contribution in [0.4, 0.5) is 5.69 Å². The van der Waals surface area contributed by atoms with Crippen LogP contribution in [0.3, 0.4) is 0 Å². The Balaban J connectivity index is 1.43. The van der Waals surface area contributed by atoms with Crippen LogP contribution in [0.15, 0.2) is 135 Å². The van der Waals surface area contributed by atoms with Crippen molar-refractivity contribution >= 4 is 60.5 Å². The number of aryl methyl sites for hydroxylation is 1. The number of hydrogen-bond acceptors (Lipinski definition) is 4. The fourth-order valence-electron chi connectivity index (χ4n) is 4.44. The summed E-state index contributed by atoms with van der Waals surface area (Å²) in [5.41, 5.74) is 7.12. The predicted molar refractivity (Wildman–Crippen MR) is 175 cm³/mol. The molecule has 0 amide bonds. The number of halogens is 2. The first-order chi connectivity index (χ1) is 20.0. The van der Waals surface area contributed by atoms with Gasteiger partial charge in [-0.05, 0) is 80.7 Å². The Kier molecular flexibility index (Phi) is 7.84. The maximum atomic E-state index is 4.88. The number of anilines is 1. The van der Waals surface area contributed by atoms with Crippen molar-refractivity contribution in [1.82, 2.24) is 14.8 Å². The van der Waals surface area contributed by atoms with Gasteiger partial charge in [0, 0.05) is 31.7 Å². The van der Waals surface area contributed by atoms with Crippen LogP contribution in [0, 0.1) is 6.92 Å². The summed E-state index contributed by atoms with van der Waals surface area (Å²) < 4.78 is 3.66. The number of benzene rings is 4. The third kappa shape index (κ3) is 6.04. The van der Waals surface area contributed by atoms with Gasteiger partial charge in [0.1, 0.15) is 11.4 Å². The van der Waals surface area contributed by atoms with Gasteiger partial charge in [-0.25, -0.2) is 9.67 Å². The zero-order valence-electron chi connectivity index (χ0n) is 22.0. The standard InChI is InChI=1S/C33H24Br2N6/c1-22-18-27(34)32(28(35)19-22)38-33(30-17-16-23-10-8-9-15-29(23)37-30)39-36-20-25-21-41(26-13-6-3-7-14-26)40-31(25)24-11-4-2-5-12-24/h2-21H,1H3,(H,38,39)/b36-20+. The largest absolute Gasteiger partial charge is 0.335 e. The Bertz CT molecular complexity index is 1870. The van der Waals surface area contributed by atoms with Gasteiger partial charge in [-0.15, -0.1) is 5.10 Å². The average molecular weight is 664 g/mol. The molecule has 4 aromatic carbocycles. The van der Waals surface area contributed by atoms with E-state index in [1.54, 1.807) is 6.21 Å². The van der Waals surface area contributed by atoms with E-state index in [0.29, 0.717) is 11.5 Å². The fraction of sp³-hybridized carbons (Fsp3) is 0.0303. The number of nitrogens with zero attached hydrogens (tertiary/aromatic N) is 5. The second kappa shape index (κ2) is 12.0. The summed E-state index contributed by atoms with van der Waals surface area (Å²) in [7, 11) is 0. The molecule has 1 N–H and O–H groups in total. The second-order valence-corrected chi connectivity index (χ2v) is 11.1. The zero-order chi connectivity index (χ0) is 28.2. The normalized spacial score (nSPS) is 11.8. The Morgan fingerprint density at radius 1 is 0.829 bits per heavy atom. The van der Waals surface area contributed by atoms with E-state index < -0.39 is 0 Å². The molecule has 0 aliphatic rings. The molecule has 0 aliphatic heterocycles. The topological polar surface area (TPSA) is 67.5 Å². The van der Waals surface area contributed by atoms with Gasteiger partial charge >= 0.3 is 0 Å². The average Bonchev–Trinajstić information content (AvgIpc) is 3.43. The molecule has 200 valence electrons. The number of nitrogens with one attached hydrogen (secondary N) is 1. The van der Waals surface area contributed by atoms with E-state index in [4.69, 9.17) is 10.1 Å². The summed E-state index contributed by atoms with van der Waals surface area (Å²) in [6.45, 7) is 2.05. The molecule has 6 aromatic rings. The van der Waals surface area contributed by atoms with E-state index >= 15 is 0 Å². The molecule has 0 saturated carbocycles. The molecule has 0 fully saturated rings. The first-order valence-corrected chi connectivity index (χ1v) is 14.5. The van der Waals surface area contributed by atoms with E-state index in [1.165, 1.54) is 0 Å². The highest BCUT2D eigenvalue weighted by Gasteiger charge is 2.14. The Hall–Kier alpha value is -4.40. The van der Waals surface area contributed by atoms with E-state index in [9.17, 15) is 0 Å². The summed E-state index contributed by atoms with van der Waals surface area (Å²) in [5.74, 6) is 0.508. The van der Waals surface area contributed by atoms with Crippen molar-refractivity contribution in [2.75, 3.05) is 5.32 Å². The molecule has 2 heterocycles. The lowest BCUT2D eigenvalue weighted by Gasteiger charge is -2.13. The van der Waals surface area contributed by atoms with Gasteiger partial charge in [0.05, 0.1) is 23.1 Å². The highest BCUT2D eigenvalue weighted by Crippen LogP contribution is 2.33. The van der Waals surface area contributed by atoms with Gasteiger partial charge in [0.15, 0.2) is 5.84 Å². The number of pyridine rings is 1. The Morgan fingerprint density at radius 3 is 2.27 bits per heavy atom. The highest BCUT2D eigenvalue weighted by atomic mass is 79.9. The molecule has 0 atom stereocenters. The molecular formula is C33H24Br2N6. The van der Waals surface area contributed by atoms with Crippen LogP contribution in [0.2, 0.25) is 0 Å². The summed E-state index contributed by atoms with van der Waals surface area (Å²) >= 11 is 7.37. The maximum absolute atomic E-state index is 4.88. The molecule has 6 rings (SSSR count). The zero-order valence-corrected chi connectivity index (χ0v) is 25.2. The van der Waals surface area contributed by atoms with Crippen molar-refractivity contribution in [1.29, 1.82) is 0 Å². The van der Waals surface area contributed by atoms with Crippen molar-refractivity contribution in [2.24, 2.45) is 10.2 Å². The molecule has 6 nitrogen and oxygen atoms in total. The molecule has 8 heteroatoms. The molecule has 0 spiro atoms. The fourth-order valence-corrected chi connectivity index (χ4v) is 6.05. The summed E-state index contributed by atoms with van der Waals surface area (Å²) in [6, 6.07) is 36.2. The molecule has 0 bridgehead atoms. The first-order valence-electron chi connectivity index (χ1n) is 13.0. The third-order valence-electron chi connectivity index (χ3n) is 6.44. The molecule has 41 heavy (non-hydrogen) atoms. The van der Waals surface area contributed by atoms with Gasteiger partial charge in [-0.1, -0.05) is 72.8 Å². The van der Waals surface area contributed by atoms with Crippen molar-refractivity contribution in [3.05, 3.63) is 141 Å². The van der Waals surface area contributed by atoms with Crippen molar-refractivity contribution in [3.63, 3.8) is 0 Å². The second-order valence-electron chi connectivity index (χ2n) is 9.39. The van der Waals surface area contributed by atoms with Crippen LogP contribution in [-0.4, -0.2) is 26.8 Å². The van der Waals surface area contributed by atoms with Crippen LogP contribution in [0.25, 0.3) is 27.8 Å². The third-order valence-corrected chi connectivity index (χ3v) is 7.69. The van der Waals surface area contributed by atoms with Gasteiger partial charge < -0.3 is 5.32 Å². The van der Waals surface area contributed by atoms with Gasteiger partial charge in [-0.3, -0.25) is 0 Å². The van der Waals surface area contributed by atoms with E-state index in [1.807, 2.05) is 127 Å². The molecule has 0 unspecified atom stereocenters. The number of rotatable bonds is 6. The van der Waals surface area contributed by atoms with E-state index in [-0.39, 0.29) is 0 Å². The van der Waals surface area contributed by atoms with Crippen molar-refractivity contribution < 1.29 is 0 Å². The van der Waals surface area contributed by atoms with Gasteiger partial charge in [-0.2, -0.15) is 10.2 Å². The lowest BCUT2D eigenvalue weighted by molar-refractivity contribution is 0.884. The summed E-state index contributed by atoms with van der Waals surface area (Å²) in [4.78, 5) is 4.87. The number of hydrogen-bond donors (Lipinski definition) is 1. The number of aromatic nitrogens is 3. The van der Waals surface area contributed by atoms with Crippen LogP contribution in [-0.2, 0) is 0 Å². The molecule has 2 aromatic heterocycles. The first kappa shape index (κ1) is 26.8. The monoisotopic (exact) mass is 662 g/mol. The smallest absolute Gasteiger partial charge is 0.179 e. The SMILES string of the molecule is Cc1cc(Br)c(N/C(=N\N=C\c2cn(-c3ccccc3)nc2-c2ccccc2)c2ccc3ccccc3n2)c(Br)c1. The summed E-state index contributed by atoms with van der Waals surface area (Å²) in [5, 5.41) is 18.6. The number of para-hydroxylation sites is 2. The van der Waals surface area contributed by atoms with E-state index in [0.717, 1.165) is 53.6 Å². The van der Waals surface area contributed by atoms with Crippen LogP contribution < -0.4 is 5.32 Å². The Labute approximate surface area is 254 Å². The van der Waals surface area contributed by atoms with Crippen LogP contribution in [0.1, 0.15) is 16.8 Å². The highest BCUT2D eigenvalue weighted by molar-refractivity contribution is 9.11. The predicted octanol–water partition coefficient (Wildman–Crippen LogP) is 8.81. The Morgan fingerprint density at radius 2 is 1.51 bits per heavy atom. The quantitative estimate of drug-likeness (QED) is 0.110. The van der Waals surface area contributed by atoms with Crippen LogP contribution >= 0.6 is 31.9 Å². The number of amidine groups is 1. The van der Waals surface area contributed by atoms with Crippen molar-refractivity contribution in [3.8, 4) is 16.9 Å². The molecule has 0 aliphatic carbocycles. The van der Waals surface area contributed by atoms with Gasteiger partial charge in [0.2, 0.25) is 0 Å². The summed E-state index contributed by atoms with van der Waals surface area (Å²) in [6.07, 6.45) is 3.70. The minimum Gasteiger partial charge on any atom is -0.335 e. The lowest BCUT2D eigenvalue weighted by Crippen LogP contribution is -2.16.